The topological polar surface area (TPSA) is 111 Å². The number of thiophene rings is 4. The second kappa shape index (κ2) is 14.6. The van der Waals surface area contributed by atoms with Crippen LogP contribution in [-0.2, 0) is 30.4 Å². The Labute approximate surface area is 389 Å². The van der Waals surface area contributed by atoms with E-state index in [-0.39, 0.29) is 58.2 Å². The van der Waals surface area contributed by atoms with E-state index in [1.807, 2.05) is 34.8 Å². The van der Waals surface area contributed by atoms with Gasteiger partial charge in [0.1, 0.15) is 32.7 Å². The van der Waals surface area contributed by atoms with Crippen molar-refractivity contribution in [2.75, 3.05) is 0 Å². The summed E-state index contributed by atoms with van der Waals surface area (Å²) in [7, 11) is 0. The molecule has 8 fully saturated rings. The number of ether oxygens (including phenoxy) is 2. The molecule has 64 heavy (non-hydrogen) atoms. The number of nitrogens with zero attached hydrogens (tertiary/aromatic N) is 2. The number of Topliss-reactive ketones (excluding diaryl/α,β-unsaturated/α-hetero) is 4. The molecule has 10 aliphatic rings. The standard InChI is InChI=1S/C52H54N2O6S4/c55-41-29-19-25-11-3-4-12-26(25)20-30(29)42(56)39(41)53-35-23-33-45(61-35)47-37(51(59-33)15-7-1-8-16-51)49-50(63-47)38-48(64-49)46-34(60-52(38)17-9-2-10-18-52)24-36(62-46)54-40-43(57)31-21-27-13-5-6-14-28(27)22-32(31)44(40)58/h23-32H,1-22H2. The van der Waals surface area contributed by atoms with Crippen molar-refractivity contribution in [1.29, 1.82) is 0 Å². The van der Waals surface area contributed by atoms with Gasteiger partial charge in [-0.05, 0) is 101 Å². The van der Waals surface area contributed by atoms with Crippen LogP contribution in [0.5, 0.6) is 11.5 Å². The molecule has 332 valence electrons. The van der Waals surface area contributed by atoms with Crippen molar-refractivity contribution >= 4 is 99.3 Å². The van der Waals surface area contributed by atoms with Crippen LogP contribution in [0.1, 0.15) is 152 Å². The molecule has 2 aliphatic heterocycles. The summed E-state index contributed by atoms with van der Waals surface area (Å²) >= 11 is 6.90. The van der Waals surface area contributed by atoms with Gasteiger partial charge in [0.15, 0.2) is 34.6 Å². The lowest BCUT2D eigenvalue weighted by Crippen LogP contribution is -2.37. The van der Waals surface area contributed by atoms with E-state index in [9.17, 15) is 19.2 Å². The van der Waals surface area contributed by atoms with Gasteiger partial charge in [0.25, 0.3) is 0 Å². The van der Waals surface area contributed by atoms with E-state index in [4.69, 9.17) is 19.5 Å². The molecule has 0 amide bonds. The first-order valence-corrected chi connectivity index (χ1v) is 28.1. The number of rotatable bonds is 2. The largest absolute Gasteiger partial charge is 0.481 e. The maximum atomic E-state index is 14.0. The molecule has 0 N–H and O–H groups in total. The third kappa shape index (κ3) is 5.72. The van der Waals surface area contributed by atoms with E-state index in [1.54, 1.807) is 22.7 Å². The summed E-state index contributed by atoms with van der Waals surface area (Å²) in [5.74, 6) is 3.02. The maximum absolute atomic E-state index is 14.0. The first-order valence-electron chi connectivity index (χ1n) is 24.9. The summed E-state index contributed by atoms with van der Waals surface area (Å²) in [4.78, 5) is 70.4. The second-order valence-electron chi connectivity index (χ2n) is 21.5. The smallest absolute Gasteiger partial charge is 0.188 e. The fraction of sp³-hybridized carbons (Fsp3) is 0.615. The van der Waals surface area contributed by atoms with Crippen LogP contribution in [0.25, 0.3) is 28.9 Å². The van der Waals surface area contributed by atoms with E-state index in [0.29, 0.717) is 33.7 Å². The Hall–Kier alpha value is -3.32. The Bertz CT molecular complexity index is 2510. The Balaban J connectivity index is 0.859. The Morgan fingerprint density at radius 1 is 0.438 bits per heavy atom. The van der Waals surface area contributed by atoms with Crippen molar-refractivity contribution in [2.24, 2.45) is 57.3 Å². The van der Waals surface area contributed by atoms with Gasteiger partial charge in [-0.1, -0.05) is 64.2 Å². The van der Waals surface area contributed by atoms with Crippen molar-refractivity contribution < 1.29 is 28.7 Å². The van der Waals surface area contributed by atoms with Crippen LogP contribution in [0.4, 0.5) is 10.0 Å². The maximum Gasteiger partial charge on any atom is 0.188 e. The zero-order chi connectivity index (χ0) is 42.6. The van der Waals surface area contributed by atoms with Gasteiger partial charge in [0, 0.05) is 46.9 Å². The van der Waals surface area contributed by atoms with Crippen molar-refractivity contribution in [3.63, 3.8) is 0 Å². The number of aliphatic imine (C=N–C) groups is 2. The highest BCUT2D eigenvalue weighted by molar-refractivity contribution is 7.34. The minimum atomic E-state index is -0.463. The van der Waals surface area contributed by atoms with Crippen LogP contribution in [0.3, 0.4) is 0 Å². The molecule has 4 aromatic rings. The molecule has 8 atom stereocenters. The summed E-state index contributed by atoms with van der Waals surface area (Å²) in [6, 6.07) is 4.04. The second-order valence-corrected chi connectivity index (χ2v) is 25.6. The highest BCUT2D eigenvalue weighted by atomic mass is 32.1. The van der Waals surface area contributed by atoms with Gasteiger partial charge in [-0.2, -0.15) is 0 Å². The molecule has 12 heteroatoms. The monoisotopic (exact) mass is 930 g/mol. The number of carbonyl (C=O) groups excluding carboxylic acids is 4. The van der Waals surface area contributed by atoms with Crippen LogP contribution in [0.15, 0.2) is 22.1 Å². The molecular weight excluding hydrogens is 877 g/mol. The average Bonchev–Trinajstić information content (AvgIpc) is 4.15. The van der Waals surface area contributed by atoms with Gasteiger partial charge in [-0.25, -0.2) is 9.98 Å². The lowest BCUT2D eigenvalue weighted by Gasteiger charge is -2.40. The van der Waals surface area contributed by atoms with Crippen molar-refractivity contribution in [2.45, 2.75) is 152 Å². The predicted molar refractivity (Wildman–Crippen MR) is 255 cm³/mol. The summed E-state index contributed by atoms with van der Waals surface area (Å²) in [5.41, 5.74) is 2.02. The summed E-state index contributed by atoms with van der Waals surface area (Å²) in [6.07, 6.45) is 23.6. The van der Waals surface area contributed by atoms with Crippen molar-refractivity contribution in [3.8, 4) is 31.0 Å². The SMILES string of the molecule is O=C1C(=Nc2cc3c(s2)-c2sc4c5c(sc4c2C2(CCCCC2)O3)-c2sc(N=C3C(=O)C4CC6CCCCC6CC4C3=O)cc2OC52CCCCC2)C(=O)C2CC3CCCCC3CC12. The van der Waals surface area contributed by atoms with Crippen LogP contribution in [-0.4, -0.2) is 34.6 Å². The minimum Gasteiger partial charge on any atom is -0.481 e. The van der Waals surface area contributed by atoms with E-state index >= 15 is 0 Å². The summed E-state index contributed by atoms with van der Waals surface area (Å²) in [5, 5.41) is 1.38. The van der Waals surface area contributed by atoms with E-state index < -0.39 is 11.2 Å². The lowest BCUT2D eigenvalue weighted by atomic mass is 9.64. The van der Waals surface area contributed by atoms with Gasteiger partial charge in [0.05, 0.1) is 28.9 Å². The molecule has 8 aliphatic carbocycles. The number of hydrogen-bond donors (Lipinski definition) is 0. The predicted octanol–water partition coefficient (Wildman–Crippen LogP) is 13.6. The highest BCUT2D eigenvalue weighted by Crippen LogP contribution is 2.67. The van der Waals surface area contributed by atoms with Gasteiger partial charge in [0.2, 0.25) is 0 Å². The summed E-state index contributed by atoms with van der Waals surface area (Å²) in [6.45, 7) is 0. The molecule has 8 saturated carbocycles. The molecule has 0 aromatic carbocycles. The van der Waals surface area contributed by atoms with E-state index in [1.165, 1.54) is 94.5 Å². The van der Waals surface area contributed by atoms with Gasteiger partial charge >= 0.3 is 0 Å². The fourth-order valence-corrected chi connectivity index (χ4v) is 20.6. The number of ketones is 4. The Kier molecular flexibility index (Phi) is 9.08. The van der Waals surface area contributed by atoms with Crippen molar-refractivity contribution in [1.82, 2.24) is 0 Å². The normalized spacial score (nSPS) is 33.1. The molecule has 4 aromatic heterocycles. The Morgan fingerprint density at radius 3 is 1.12 bits per heavy atom. The molecule has 8 nitrogen and oxygen atoms in total. The molecular formula is C52H54N2O6S4. The van der Waals surface area contributed by atoms with Crippen LogP contribution in [0.2, 0.25) is 0 Å². The zero-order valence-electron chi connectivity index (χ0n) is 36.3. The van der Waals surface area contributed by atoms with Gasteiger partial charge in [-0.3, -0.25) is 19.2 Å². The zero-order valence-corrected chi connectivity index (χ0v) is 39.6. The number of fused-ring (bicyclic) bond motifs is 15. The third-order valence-corrected chi connectivity index (χ3v) is 23.1. The Morgan fingerprint density at radius 2 is 0.781 bits per heavy atom. The van der Waals surface area contributed by atoms with Crippen LogP contribution < -0.4 is 9.47 Å². The molecule has 2 spiro atoms. The quantitative estimate of drug-likeness (QED) is 0.198. The number of hydrogen-bond acceptors (Lipinski definition) is 12. The molecule has 14 rings (SSSR count). The minimum absolute atomic E-state index is 0.0313. The van der Waals surface area contributed by atoms with Crippen LogP contribution >= 0.6 is 45.3 Å². The molecule has 0 radical (unpaired) electrons. The van der Waals surface area contributed by atoms with Gasteiger partial charge < -0.3 is 9.47 Å². The molecule has 0 bridgehead atoms. The third-order valence-electron chi connectivity index (χ3n) is 18.2. The van der Waals surface area contributed by atoms with Crippen molar-refractivity contribution in [3.05, 3.63) is 23.3 Å². The highest BCUT2D eigenvalue weighted by Gasteiger charge is 2.55. The molecule has 0 saturated heterocycles. The van der Waals surface area contributed by atoms with Crippen LogP contribution in [0, 0.1) is 47.3 Å². The lowest BCUT2D eigenvalue weighted by molar-refractivity contribution is -0.123. The fourth-order valence-electron chi connectivity index (χ4n) is 15.2. The average molecular weight is 931 g/mol. The van der Waals surface area contributed by atoms with Gasteiger partial charge in [-0.15, -0.1) is 45.3 Å². The van der Waals surface area contributed by atoms with E-state index in [0.717, 1.165) is 98.3 Å². The van der Waals surface area contributed by atoms with E-state index in [2.05, 4.69) is 0 Å². The summed E-state index contributed by atoms with van der Waals surface area (Å²) < 4.78 is 17.2. The molecule has 6 heterocycles. The first-order chi connectivity index (χ1) is 31.3. The first kappa shape index (κ1) is 39.8. The molecule has 8 unspecified atom stereocenters. The number of carbonyl (C=O) groups is 4.